The Balaban J connectivity index is 2.73. The van der Waals surface area contributed by atoms with Crippen LogP contribution in [0.4, 0.5) is 0 Å². The van der Waals surface area contributed by atoms with Gasteiger partial charge in [-0.1, -0.05) is 11.6 Å². The van der Waals surface area contributed by atoms with Crippen molar-refractivity contribution < 1.29 is 14.6 Å². The fraction of sp³-hybridized carbons (Fsp3) is 0.500. The first-order chi connectivity index (χ1) is 9.40. The maximum absolute atomic E-state index is 10.7. The fourth-order valence-electron chi connectivity index (χ4n) is 1.76. The van der Waals surface area contributed by atoms with Gasteiger partial charge in [-0.3, -0.25) is 4.79 Å². The van der Waals surface area contributed by atoms with Gasteiger partial charge in [0.2, 0.25) is 0 Å². The lowest BCUT2D eigenvalue weighted by Gasteiger charge is -2.15. The Morgan fingerprint density at radius 3 is 2.75 bits per heavy atom. The van der Waals surface area contributed by atoms with Gasteiger partial charge in [0, 0.05) is 18.0 Å². The minimum Gasteiger partial charge on any atom is -0.492 e. The Morgan fingerprint density at radius 2 is 2.15 bits per heavy atom. The van der Waals surface area contributed by atoms with Crippen LogP contribution in [0.15, 0.2) is 16.6 Å². The van der Waals surface area contributed by atoms with Crippen molar-refractivity contribution in [2.45, 2.75) is 19.3 Å². The van der Waals surface area contributed by atoms with E-state index in [2.05, 4.69) is 20.8 Å². The number of aryl methyl sites for hydroxylation is 1. The lowest BCUT2D eigenvalue weighted by Crippen LogP contribution is -2.16. The minimum atomic E-state index is -0.834. The summed E-state index contributed by atoms with van der Waals surface area (Å²) in [5.74, 6) is -0.144. The Morgan fingerprint density at radius 1 is 1.45 bits per heavy atom. The zero-order valence-corrected chi connectivity index (χ0v) is 14.0. The molecule has 4 nitrogen and oxygen atoms in total. The Bertz CT molecular complexity index is 466. The zero-order valence-electron chi connectivity index (χ0n) is 11.7. The van der Waals surface area contributed by atoms with E-state index in [0.29, 0.717) is 23.8 Å². The Kier molecular flexibility index (Phi) is 7.34. The number of carbonyl (C=O) groups is 1. The van der Waals surface area contributed by atoms with Gasteiger partial charge in [0.15, 0.2) is 0 Å². The normalized spacial score (nSPS) is 10.8. The second-order valence-corrected chi connectivity index (χ2v) is 6.07. The molecule has 0 radical (unpaired) electrons. The molecule has 20 heavy (non-hydrogen) atoms. The van der Waals surface area contributed by atoms with E-state index in [9.17, 15) is 4.79 Å². The number of hydrogen-bond acceptors (Lipinski definition) is 3. The van der Waals surface area contributed by atoms with Crippen molar-refractivity contribution >= 4 is 33.5 Å². The summed E-state index contributed by atoms with van der Waals surface area (Å²) in [6.07, 6.45) is 1.36. The number of benzene rings is 1. The average Bonchev–Trinajstić information content (AvgIpc) is 2.33. The maximum atomic E-state index is 10.7. The zero-order chi connectivity index (χ0) is 15.1. The third-order valence-corrected chi connectivity index (χ3v) is 3.50. The van der Waals surface area contributed by atoms with E-state index in [1.54, 1.807) is 12.1 Å². The summed E-state index contributed by atoms with van der Waals surface area (Å²) in [7, 11) is 4.02. The van der Waals surface area contributed by atoms with Gasteiger partial charge >= 0.3 is 5.97 Å². The van der Waals surface area contributed by atoms with Gasteiger partial charge in [-0.15, -0.1) is 0 Å². The van der Waals surface area contributed by atoms with Gasteiger partial charge in [0.05, 0.1) is 11.1 Å². The molecule has 1 aromatic carbocycles. The predicted molar refractivity (Wildman–Crippen MR) is 83.8 cm³/mol. The van der Waals surface area contributed by atoms with Crippen LogP contribution < -0.4 is 4.74 Å². The van der Waals surface area contributed by atoms with Crippen molar-refractivity contribution in [3.63, 3.8) is 0 Å². The first-order valence-corrected chi connectivity index (χ1v) is 7.54. The SMILES string of the molecule is CN(C)CCCOc1c(Br)cc(Cl)cc1CCC(=O)O. The number of aliphatic carboxylic acids is 1. The van der Waals surface area contributed by atoms with Gasteiger partial charge < -0.3 is 14.7 Å². The molecule has 0 amide bonds. The molecular weight excluding hydrogens is 346 g/mol. The first-order valence-electron chi connectivity index (χ1n) is 6.37. The number of carboxylic acids is 1. The van der Waals surface area contributed by atoms with Crippen molar-refractivity contribution in [1.29, 1.82) is 0 Å². The second-order valence-electron chi connectivity index (χ2n) is 4.77. The van der Waals surface area contributed by atoms with Crippen LogP contribution in [0, 0.1) is 0 Å². The summed E-state index contributed by atoms with van der Waals surface area (Å²) in [5, 5.41) is 9.36. The number of carboxylic acid groups (broad SMARTS) is 1. The maximum Gasteiger partial charge on any atom is 0.303 e. The van der Waals surface area contributed by atoms with E-state index < -0.39 is 5.97 Å². The molecule has 112 valence electrons. The molecule has 0 aromatic heterocycles. The summed E-state index contributed by atoms with van der Waals surface area (Å²) in [6.45, 7) is 1.52. The van der Waals surface area contributed by atoms with E-state index in [4.69, 9.17) is 21.4 Å². The largest absolute Gasteiger partial charge is 0.492 e. The number of ether oxygens (including phenoxy) is 1. The van der Waals surface area contributed by atoms with Crippen molar-refractivity contribution in [3.05, 3.63) is 27.2 Å². The van der Waals surface area contributed by atoms with E-state index in [1.807, 2.05) is 14.1 Å². The molecule has 1 aromatic rings. The van der Waals surface area contributed by atoms with E-state index in [1.165, 1.54) is 0 Å². The van der Waals surface area contributed by atoms with Crippen LogP contribution in [-0.2, 0) is 11.2 Å². The first kappa shape index (κ1) is 17.3. The molecule has 1 rings (SSSR count). The molecule has 1 N–H and O–H groups in total. The van der Waals surface area contributed by atoms with Gasteiger partial charge in [0.1, 0.15) is 5.75 Å². The van der Waals surface area contributed by atoms with Crippen LogP contribution in [0.2, 0.25) is 5.02 Å². The smallest absolute Gasteiger partial charge is 0.303 e. The quantitative estimate of drug-likeness (QED) is 0.718. The lowest BCUT2D eigenvalue weighted by molar-refractivity contribution is -0.136. The molecule has 0 atom stereocenters. The Labute approximate surface area is 132 Å². The van der Waals surface area contributed by atoms with Crippen LogP contribution in [0.1, 0.15) is 18.4 Å². The van der Waals surface area contributed by atoms with Crippen molar-refractivity contribution in [3.8, 4) is 5.75 Å². The highest BCUT2D eigenvalue weighted by Gasteiger charge is 2.12. The van der Waals surface area contributed by atoms with Crippen LogP contribution in [-0.4, -0.2) is 43.2 Å². The molecule has 0 aliphatic rings. The molecule has 0 aliphatic heterocycles. The molecule has 0 unspecified atom stereocenters. The summed E-state index contributed by atoms with van der Waals surface area (Å²) in [6, 6.07) is 3.52. The molecule has 6 heteroatoms. The number of hydrogen-bond donors (Lipinski definition) is 1. The van der Waals surface area contributed by atoms with E-state index in [-0.39, 0.29) is 6.42 Å². The molecule has 0 saturated heterocycles. The lowest BCUT2D eigenvalue weighted by atomic mass is 10.1. The minimum absolute atomic E-state index is 0.0564. The highest BCUT2D eigenvalue weighted by Crippen LogP contribution is 2.33. The van der Waals surface area contributed by atoms with Crippen molar-refractivity contribution in [2.75, 3.05) is 27.2 Å². The highest BCUT2D eigenvalue weighted by atomic mass is 79.9. The van der Waals surface area contributed by atoms with Crippen LogP contribution >= 0.6 is 27.5 Å². The Hall–Kier alpha value is -0.780. The summed E-state index contributed by atoms with van der Waals surface area (Å²) in [5.41, 5.74) is 0.816. The molecule has 0 saturated carbocycles. The van der Waals surface area contributed by atoms with E-state index >= 15 is 0 Å². The van der Waals surface area contributed by atoms with Crippen LogP contribution in [0.5, 0.6) is 5.75 Å². The molecule has 0 spiro atoms. The number of rotatable bonds is 8. The van der Waals surface area contributed by atoms with Crippen LogP contribution in [0.3, 0.4) is 0 Å². The molecule has 0 fully saturated rings. The third kappa shape index (κ3) is 6.11. The standard InChI is InChI=1S/C14H19BrClNO3/c1-17(2)6-3-7-20-14-10(4-5-13(18)19)8-11(16)9-12(14)15/h8-9H,3-7H2,1-2H3,(H,18,19). The van der Waals surface area contributed by atoms with E-state index in [0.717, 1.165) is 23.0 Å². The summed E-state index contributed by atoms with van der Waals surface area (Å²) >= 11 is 9.42. The van der Waals surface area contributed by atoms with Gasteiger partial charge in [-0.05, 0) is 60.6 Å². The fourth-order valence-corrected chi connectivity index (χ4v) is 2.75. The van der Waals surface area contributed by atoms with Crippen molar-refractivity contribution in [2.24, 2.45) is 0 Å². The van der Waals surface area contributed by atoms with Gasteiger partial charge in [-0.2, -0.15) is 0 Å². The summed E-state index contributed by atoms with van der Waals surface area (Å²) in [4.78, 5) is 12.8. The predicted octanol–water partition coefficient (Wildman–Crippen LogP) is 3.45. The summed E-state index contributed by atoms with van der Waals surface area (Å²) < 4.78 is 6.54. The van der Waals surface area contributed by atoms with Gasteiger partial charge in [-0.25, -0.2) is 0 Å². The number of nitrogens with zero attached hydrogens (tertiary/aromatic N) is 1. The molecule has 0 aliphatic carbocycles. The second kappa shape index (κ2) is 8.49. The van der Waals surface area contributed by atoms with Crippen molar-refractivity contribution in [1.82, 2.24) is 4.90 Å². The highest BCUT2D eigenvalue weighted by molar-refractivity contribution is 9.10. The average molecular weight is 365 g/mol. The number of halogens is 2. The molecule has 0 heterocycles. The van der Waals surface area contributed by atoms with Gasteiger partial charge in [0.25, 0.3) is 0 Å². The third-order valence-electron chi connectivity index (χ3n) is 2.69. The van der Waals surface area contributed by atoms with Crippen LogP contribution in [0.25, 0.3) is 0 Å². The molecule has 0 bridgehead atoms. The molecular formula is C14H19BrClNO3. The topological polar surface area (TPSA) is 49.8 Å². The monoisotopic (exact) mass is 363 g/mol.